The van der Waals surface area contributed by atoms with E-state index in [1.54, 1.807) is 0 Å². The third kappa shape index (κ3) is 36.3. The van der Waals surface area contributed by atoms with Gasteiger partial charge in [-0.3, -0.25) is 13.8 Å². The lowest BCUT2D eigenvalue weighted by Gasteiger charge is -2.41. The Hall–Kier alpha value is -1.70. The number of phosphoric ester groups is 1. The fraction of sp³-hybridized carbons (Fsp3) is 0.836. The zero-order valence-corrected chi connectivity index (χ0v) is 43.8. The van der Waals surface area contributed by atoms with Crippen molar-refractivity contribution in [2.24, 2.45) is 0 Å². The summed E-state index contributed by atoms with van der Waals surface area (Å²) in [5.41, 5.74) is 0. The fourth-order valence-electron chi connectivity index (χ4n) is 8.41. The van der Waals surface area contributed by atoms with Crippen LogP contribution in [0.4, 0.5) is 0 Å². The SMILES string of the molecule is CC/C=C\C/C=C\C/C=C\C/C=C\CCCCCCCCCOCC(COP(=O)(O)OC1C(O)C(O)C(O)C(O)C1O)OC(=O)CCCCCCCCCCCCCCCCCCCCCCC. The van der Waals surface area contributed by atoms with E-state index >= 15 is 0 Å². The van der Waals surface area contributed by atoms with Crippen LogP contribution in [0.5, 0.6) is 0 Å². The summed E-state index contributed by atoms with van der Waals surface area (Å²) >= 11 is 0. The molecule has 12 nitrogen and oxygen atoms in total. The topological polar surface area (TPSA) is 192 Å². The van der Waals surface area contributed by atoms with Gasteiger partial charge in [0.05, 0.1) is 13.2 Å². The molecule has 1 aliphatic carbocycles. The maximum atomic E-state index is 12.9. The zero-order valence-electron chi connectivity index (χ0n) is 42.9. The van der Waals surface area contributed by atoms with Gasteiger partial charge in [-0.2, -0.15) is 0 Å². The van der Waals surface area contributed by atoms with E-state index < -0.39 is 63.1 Å². The molecular weight excluding hydrogens is 884 g/mol. The minimum atomic E-state index is -5.03. The molecule has 0 aromatic carbocycles. The minimum Gasteiger partial charge on any atom is -0.457 e. The highest BCUT2D eigenvalue weighted by atomic mass is 31.2. The Morgan fingerprint density at radius 1 is 0.485 bits per heavy atom. The summed E-state index contributed by atoms with van der Waals surface area (Å²) in [6.07, 6.45) is 44.6. The van der Waals surface area contributed by atoms with Crippen LogP contribution in [0.25, 0.3) is 0 Å². The first-order valence-electron chi connectivity index (χ1n) is 27.5. The smallest absolute Gasteiger partial charge is 0.457 e. The summed E-state index contributed by atoms with van der Waals surface area (Å²) in [5.74, 6) is -0.478. The van der Waals surface area contributed by atoms with E-state index in [4.69, 9.17) is 18.5 Å². The number of hydrogen-bond donors (Lipinski definition) is 6. The van der Waals surface area contributed by atoms with Gasteiger partial charge in [0.25, 0.3) is 0 Å². The van der Waals surface area contributed by atoms with Gasteiger partial charge >= 0.3 is 13.8 Å². The van der Waals surface area contributed by atoms with Gasteiger partial charge in [-0.1, -0.05) is 223 Å². The minimum absolute atomic E-state index is 0.0827. The van der Waals surface area contributed by atoms with Crippen molar-refractivity contribution < 1.29 is 58.3 Å². The molecule has 1 fully saturated rings. The third-order valence-electron chi connectivity index (χ3n) is 12.7. The second-order valence-electron chi connectivity index (χ2n) is 19.1. The molecule has 6 N–H and O–H groups in total. The van der Waals surface area contributed by atoms with Gasteiger partial charge in [-0.25, -0.2) is 4.57 Å². The molecule has 1 aliphatic rings. The summed E-state index contributed by atoms with van der Waals surface area (Å²) in [6, 6.07) is 0. The summed E-state index contributed by atoms with van der Waals surface area (Å²) in [7, 11) is -5.03. The van der Waals surface area contributed by atoms with E-state index in [1.165, 1.54) is 128 Å². The second kappa shape index (κ2) is 45.2. The van der Waals surface area contributed by atoms with E-state index in [-0.39, 0.29) is 13.0 Å². The van der Waals surface area contributed by atoms with Crippen LogP contribution < -0.4 is 0 Å². The number of aliphatic hydroxyl groups excluding tert-OH is 5. The van der Waals surface area contributed by atoms with Gasteiger partial charge in [0.2, 0.25) is 0 Å². The van der Waals surface area contributed by atoms with Crippen LogP contribution in [-0.4, -0.2) is 98.9 Å². The lowest BCUT2D eigenvalue weighted by Crippen LogP contribution is -2.64. The molecule has 0 aromatic heterocycles. The molecule has 68 heavy (non-hydrogen) atoms. The highest BCUT2D eigenvalue weighted by Crippen LogP contribution is 2.47. The van der Waals surface area contributed by atoms with Crippen LogP contribution in [0.15, 0.2) is 48.6 Å². The quantitative estimate of drug-likeness (QED) is 0.0147. The first kappa shape index (κ1) is 64.3. The Morgan fingerprint density at radius 3 is 1.32 bits per heavy atom. The van der Waals surface area contributed by atoms with Crippen LogP contribution in [0.1, 0.15) is 232 Å². The monoisotopic (exact) mass is 985 g/mol. The number of esters is 1. The standard InChI is InChI=1S/C55H101O12P/c1-3-5-7-9-11-13-15-17-19-21-23-25-26-28-30-32-34-36-38-40-42-44-49(56)66-48(47-65-68(62,63)67-55-53(60)51(58)50(57)52(59)54(55)61)46-64-45-43-41-39-37-35-33-31-29-27-24-22-20-18-16-14-12-10-8-6-4-2/h6,8,12,14,18,20,24,27,48,50-55,57-61H,3-5,7,9-11,13,15-17,19,21-23,25-26,28-47H2,1-2H3,(H,62,63)/b8-6-,14-12-,20-18-,27-24-. The zero-order chi connectivity index (χ0) is 49.8. The second-order valence-corrected chi connectivity index (χ2v) is 20.5. The van der Waals surface area contributed by atoms with Gasteiger partial charge in [-0.15, -0.1) is 0 Å². The summed E-state index contributed by atoms with van der Waals surface area (Å²) in [4.78, 5) is 23.3. The van der Waals surface area contributed by atoms with E-state index in [0.717, 1.165) is 77.0 Å². The van der Waals surface area contributed by atoms with E-state index in [9.17, 15) is 39.8 Å². The molecule has 0 heterocycles. The van der Waals surface area contributed by atoms with Crippen LogP contribution in [0, 0.1) is 0 Å². The van der Waals surface area contributed by atoms with Crippen molar-refractivity contribution in [3.8, 4) is 0 Å². The molecule has 13 heteroatoms. The Kier molecular flexibility index (Phi) is 42.7. The first-order chi connectivity index (χ1) is 33.0. The van der Waals surface area contributed by atoms with Crippen LogP contribution in [0.2, 0.25) is 0 Å². The molecule has 398 valence electrons. The molecular formula is C55H101O12P. The predicted octanol–water partition coefficient (Wildman–Crippen LogP) is 12.8. The molecule has 0 amide bonds. The van der Waals surface area contributed by atoms with Gasteiger partial charge in [-0.05, 0) is 51.4 Å². The number of ether oxygens (including phenoxy) is 2. The number of aliphatic hydroxyl groups is 5. The van der Waals surface area contributed by atoms with Gasteiger partial charge in [0, 0.05) is 13.0 Å². The number of allylic oxidation sites excluding steroid dienone is 8. The van der Waals surface area contributed by atoms with E-state index in [0.29, 0.717) is 13.0 Å². The molecule has 0 radical (unpaired) electrons. The van der Waals surface area contributed by atoms with E-state index in [2.05, 4.69) is 62.5 Å². The number of rotatable bonds is 47. The molecule has 0 aliphatic heterocycles. The van der Waals surface area contributed by atoms with Crippen molar-refractivity contribution in [2.45, 2.75) is 275 Å². The highest BCUT2D eigenvalue weighted by molar-refractivity contribution is 7.47. The highest BCUT2D eigenvalue weighted by Gasteiger charge is 2.51. The van der Waals surface area contributed by atoms with E-state index in [1.807, 2.05) is 0 Å². The first-order valence-corrected chi connectivity index (χ1v) is 29.0. The number of carbonyl (C=O) groups is 1. The largest absolute Gasteiger partial charge is 0.472 e. The maximum Gasteiger partial charge on any atom is 0.472 e. The normalized spacial score (nSPS) is 21.5. The van der Waals surface area contributed by atoms with Crippen molar-refractivity contribution >= 4 is 13.8 Å². The average molecular weight is 985 g/mol. The van der Waals surface area contributed by atoms with Crippen molar-refractivity contribution in [2.75, 3.05) is 19.8 Å². The average Bonchev–Trinajstić information content (AvgIpc) is 3.32. The van der Waals surface area contributed by atoms with Crippen LogP contribution in [-0.2, 0) is 27.9 Å². The Balaban J connectivity index is 2.31. The number of hydrogen-bond acceptors (Lipinski definition) is 11. The summed E-state index contributed by atoms with van der Waals surface area (Å²) in [5, 5.41) is 50.4. The molecule has 0 bridgehead atoms. The molecule has 0 aromatic rings. The lowest BCUT2D eigenvalue weighted by atomic mass is 9.85. The van der Waals surface area contributed by atoms with Crippen molar-refractivity contribution in [1.29, 1.82) is 0 Å². The predicted molar refractivity (Wildman–Crippen MR) is 276 cm³/mol. The van der Waals surface area contributed by atoms with Crippen molar-refractivity contribution in [3.05, 3.63) is 48.6 Å². The Labute approximate surface area is 414 Å². The Bertz CT molecular complexity index is 1310. The lowest BCUT2D eigenvalue weighted by molar-refractivity contribution is -0.220. The summed E-state index contributed by atoms with van der Waals surface area (Å²) in [6.45, 7) is 4.16. The molecule has 6 atom stereocenters. The molecule has 0 spiro atoms. The maximum absolute atomic E-state index is 12.9. The molecule has 1 saturated carbocycles. The molecule has 1 rings (SSSR count). The van der Waals surface area contributed by atoms with Gasteiger partial charge < -0.3 is 39.9 Å². The van der Waals surface area contributed by atoms with Gasteiger partial charge in [0.15, 0.2) is 0 Å². The fourth-order valence-corrected chi connectivity index (χ4v) is 9.38. The van der Waals surface area contributed by atoms with Crippen molar-refractivity contribution in [3.63, 3.8) is 0 Å². The van der Waals surface area contributed by atoms with Gasteiger partial charge in [0.1, 0.15) is 42.7 Å². The van der Waals surface area contributed by atoms with Crippen molar-refractivity contribution in [1.82, 2.24) is 0 Å². The molecule has 0 saturated heterocycles. The van der Waals surface area contributed by atoms with Crippen LogP contribution >= 0.6 is 7.82 Å². The number of unbranched alkanes of at least 4 members (excludes halogenated alkanes) is 27. The number of phosphoric acid groups is 1. The Morgan fingerprint density at radius 2 is 0.868 bits per heavy atom. The van der Waals surface area contributed by atoms with Crippen LogP contribution in [0.3, 0.4) is 0 Å². The number of carbonyl (C=O) groups excluding carboxylic acids is 1. The third-order valence-corrected chi connectivity index (χ3v) is 13.7. The summed E-state index contributed by atoms with van der Waals surface area (Å²) < 4.78 is 34.4. The molecule has 6 unspecified atom stereocenters.